The van der Waals surface area contributed by atoms with E-state index in [-0.39, 0.29) is 0 Å². The molecule has 0 unspecified atom stereocenters. The summed E-state index contributed by atoms with van der Waals surface area (Å²) < 4.78 is 11.0. The molecule has 0 saturated carbocycles. The van der Waals surface area contributed by atoms with E-state index < -0.39 is 0 Å². The highest BCUT2D eigenvalue weighted by atomic mass is 16.5. The van der Waals surface area contributed by atoms with Gasteiger partial charge in [0.05, 0.1) is 7.11 Å². The third-order valence-electron chi connectivity index (χ3n) is 3.05. The van der Waals surface area contributed by atoms with Gasteiger partial charge in [-0.15, -0.1) is 0 Å². The summed E-state index contributed by atoms with van der Waals surface area (Å²) in [5.41, 5.74) is 3.22. The molecule has 2 aromatic carbocycles. The first-order valence-electron chi connectivity index (χ1n) is 5.91. The van der Waals surface area contributed by atoms with Gasteiger partial charge in [0.25, 0.3) is 0 Å². The fraction of sp³-hybridized carbons (Fsp3) is 0.0667. The molecule has 18 heavy (non-hydrogen) atoms. The fourth-order valence-electron chi connectivity index (χ4n) is 2.06. The second-order valence-corrected chi connectivity index (χ2v) is 4.38. The van der Waals surface area contributed by atoms with E-state index in [0.717, 1.165) is 28.0 Å². The maximum atomic E-state index is 5.84. The summed E-state index contributed by atoms with van der Waals surface area (Å²) in [6, 6.07) is 16.2. The van der Waals surface area contributed by atoms with Crippen molar-refractivity contribution in [3.05, 3.63) is 48.5 Å². The van der Waals surface area contributed by atoms with Crippen molar-refractivity contribution >= 4 is 24.3 Å². The molecule has 88 valence electrons. The third-order valence-corrected chi connectivity index (χ3v) is 3.05. The van der Waals surface area contributed by atoms with E-state index in [1.807, 2.05) is 30.3 Å². The molecule has 0 N–H and O–H groups in total. The number of benzene rings is 2. The summed E-state index contributed by atoms with van der Waals surface area (Å²) in [7, 11) is 3.75. The molecule has 0 aliphatic heterocycles. The van der Waals surface area contributed by atoms with Crippen LogP contribution in [0.1, 0.15) is 0 Å². The maximum absolute atomic E-state index is 5.84. The van der Waals surface area contributed by atoms with Gasteiger partial charge in [0.1, 0.15) is 24.9 Å². The van der Waals surface area contributed by atoms with E-state index in [4.69, 9.17) is 9.15 Å². The number of furan rings is 1. The van der Waals surface area contributed by atoms with Crippen LogP contribution in [0.5, 0.6) is 5.75 Å². The highest BCUT2D eigenvalue weighted by Gasteiger charge is 2.06. The highest BCUT2D eigenvalue weighted by molar-refractivity contribution is 6.33. The topological polar surface area (TPSA) is 22.4 Å². The molecular weight excluding hydrogens is 223 g/mol. The molecule has 0 bridgehead atoms. The Labute approximate surface area is 107 Å². The number of fused-ring (bicyclic) bond motifs is 1. The summed E-state index contributed by atoms with van der Waals surface area (Å²) in [5, 5.41) is 1.14. The van der Waals surface area contributed by atoms with Crippen molar-refractivity contribution in [2.75, 3.05) is 7.11 Å². The first-order valence-corrected chi connectivity index (χ1v) is 5.91. The van der Waals surface area contributed by atoms with Crippen molar-refractivity contribution in [2.45, 2.75) is 0 Å². The summed E-state index contributed by atoms with van der Waals surface area (Å²) in [4.78, 5) is 0. The molecule has 1 aromatic heterocycles. The zero-order valence-corrected chi connectivity index (χ0v) is 10.4. The van der Waals surface area contributed by atoms with E-state index in [1.165, 1.54) is 5.46 Å². The summed E-state index contributed by atoms with van der Waals surface area (Å²) >= 11 is 0. The van der Waals surface area contributed by atoms with Gasteiger partial charge in [0, 0.05) is 10.9 Å². The number of methoxy groups -OCH3 is 1. The van der Waals surface area contributed by atoms with Crippen LogP contribution in [0.2, 0.25) is 0 Å². The van der Waals surface area contributed by atoms with Gasteiger partial charge in [0.15, 0.2) is 0 Å². The third kappa shape index (κ3) is 1.88. The van der Waals surface area contributed by atoms with E-state index in [2.05, 4.69) is 26.0 Å². The predicted molar refractivity (Wildman–Crippen MR) is 76.4 cm³/mol. The van der Waals surface area contributed by atoms with Crippen LogP contribution in [0.4, 0.5) is 0 Å². The zero-order chi connectivity index (χ0) is 12.5. The largest absolute Gasteiger partial charge is 0.497 e. The van der Waals surface area contributed by atoms with Crippen LogP contribution < -0.4 is 10.2 Å². The van der Waals surface area contributed by atoms with Gasteiger partial charge in [-0.1, -0.05) is 17.6 Å². The van der Waals surface area contributed by atoms with E-state index in [9.17, 15) is 0 Å². The zero-order valence-electron chi connectivity index (χ0n) is 10.4. The molecule has 0 radical (unpaired) electrons. The monoisotopic (exact) mass is 236 g/mol. The Balaban J connectivity index is 2.07. The Hall–Kier alpha value is -2.16. The van der Waals surface area contributed by atoms with Gasteiger partial charge in [-0.25, -0.2) is 0 Å². The van der Waals surface area contributed by atoms with Crippen LogP contribution >= 0.6 is 0 Å². The summed E-state index contributed by atoms with van der Waals surface area (Å²) in [6.07, 6.45) is 0. The first kappa shape index (κ1) is 11.0. The van der Waals surface area contributed by atoms with Gasteiger partial charge < -0.3 is 9.15 Å². The van der Waals surface area contributed by atoms with Gasteiger partial charge >= 0.3 is 0 Å². The van der Waals surface area contributed by atoms with Crippen molar-refractivity contribution in [3.8, 4) is 17.1 Å². The van der Waals surface area contributed by atoms with Crippen LogP contribution in [-0.4, -0.2) is 15.0 Å². The van der Waals surface area contributed by atoms with Gasteiger partial charge in [0.2, 0.25) is 0 Å². The lowest BCUT2D eigenvalue weighted by atomic mass is 9.95. The Morgan fingerprint density at radius 1 is 1.00 bits per heavy atom. The van der Waals surface area contributed by atoms with Crippen LogP contribution in [0, 0.1) is 0 Å². The number of ether oxygens (including phenoxy) is 1. The minimum atomic E-state index is 0.853. The van der Waals surface area contributed by atoms with E-state index in [0.29, 0.717) is 0 Å². The Morgan fingerprint density at radius 3 is 2.50 bits per heavy atom. The van der Waals surface area contributed by atoms with Crippen molar-refractivity contribution in [1.82, 2.24) is 0 Å². The van der Waals surface area contributed by atoms with Gasteiger partial charge in [-0.2, -0.15) is 0 Å². The molecule has 0 spiro atoms. The van der Waals surface area contributed by atoms with Gasteiger partial charge in [-0.3, -0.25) is 0 Å². The Bertz CT molecular complexity index is 683. The second kappa shape index (κ2) is 4.26. The highest BCUT2D eigenvalue weighted by Crippen LogP contribution is 2.28. The van der Waals surface area contributed by atoms with Crippen LogP contribution in [-0.2, 0) is 0 Å². The van der Waals surface area contributed by atoms with Crippen LogP contribution in [0.25, 0.3) is 22.3 Å². The lowest BCUT2D eigenvalue weighted by molar-refractivity contribution is 0.415. The summed E-state index contributed by atoms with van der Waals surface area (Å²) in [5.74, 6) is 1.74. The number of rotatable bonds is 2. The SMILES string of the molecule is Bc1ccc2oc(-c3ccc(OC)cc3)cc2c1. The molecule has 3 rings (SSSR count). The fourth-order valence-corrected chi connectivity index (χ4v) is 2.06. The average molecular weight is 236 g/mol. The molecule has 3 aromatic rings. The molecule has 3 heteroatoms. The first-order chi connectivity index (χ1) is 8.76. The molecule has 0 fully saturated rings. The minimum absolute atomic E-state index is 0.853. The van der Waals surface area contributed by atoms with Crippen LogP contribution in [0.3, 0.4) is 0 Å². The molecule has 2 nitrogen and oxygen atoms in total. The molecule has 0 aliphatic rings. The smallest absolute Gasteiger partial charge is 0.139 e. The molecule has 0 amide bonds. The number of hydrogen-bond donors (Lipinski definition) is 0. The molecule has 0 aliphatic carbocycles. The normalized spacial score (nSPS) is 10.7. The van der Waals surface area contributed by atoms with Crippen molar-refractivity contribution in [1.29, 1.82) is 0 Å². The maximum Gasteiger partial charge on any atom is 0.139 e. The van der Waals surface area contributed by atoms with E-state index >= 15 is 0 Å². The van der Waals surface area contributed by atoms with Crippen molar-refractivity contribution in [2.24, 2.45) is 0 Å². The summed E-state index contributed by atoms with van der Waals surface area (Å²) in [6.45, 7) is 0. The average Bonchev–Trinajstić information content (AvgIpc) is 2.81. The Morgan fingerprint density at radius 2 is 1.78 bits per heavy atom. The van der Waals surface area contributed by atoms with Crippen molar-refractivity contribution in [3.63, 3.8) is 0 Å². The standard InChI is InChI=1S/C15H13BO2/c1-17-13-5-2-10(3-6-13)15-9-11-8-12(16)4-7-14(11)18-15/h2-9H,16H2,1H3. The molecule has 1 heterocycles. The lowest BCUT2D eigenvalue weighted by Crippen LogP contribution is -1.98. The minimum Gasteiger partial charge on any atom is -0.497 e. The van der Waals surface area contributed by atoms with Crippen LogP contribution in [0.15, 0.2) is 52.9 Å². The van der Waals surface area contributed by atoms with E-state index in [1.54, 1.807) is 7.11 Å². The quantitative estimate of drug-likeness (QED) is 0.637. The predicted octanol–water partition coefficient (Wildman–Crippen LogP) is 2.37. The van der Waals surface area contributed by atoms with Gasteiger partial charge in [-0.05, 0) is 36.4 Å². The Kier molecular flexibility index (Phi) is 2.60. The molecule has 0 atom stereocenters. The molecular formula is C15H13BO2. The second-order valence-electron chi connectivity index (χ2n) is 4.38. The lowest BCUT2D eigenvalue weighted by Gasteiger charge is -2.00. The molecule has 0 saturated heterocycles. The number of hydrogen-bond acceptors (Lipinski definition) is 2. The van der Waals surface area contributed by atoms with Crippen molar-refractivity contribution < 1.29 is 9.15 Å².